The Bertz CT molecular complexity index is 659. The van der Waals surface area contributed by atoms with Gasteiger partial charge in [0.25, 0.3) is 0 Å². The SMILES string of the molecule is CC[C@@H](C)NC(=O)Cn1c([C@H]2CCCO2)cc2cccnc21. The zero-order chi connectivity index (χ0) is 15.5. The minimum atomic E-state index is 0.0248. The number of nitrogens with one attached hydrogen (secondary N) is 1. The van der Waals surface area contributed by atoms with Gasteiger partial charge in [0.2, 0.25) is 5.91 Å². The number of carbonyl (C=O) groups is 1. The maximum atomic E-state index is 12.3. The fourth-order valence-electron chi connectivity index (χ4n) is 2.92. The van der Waals surface area contributed by atoms with Crippen molar-refractivity contribution in [3.63, 3.8) is 0 Å². The second-order valence-electron chi connectivity index (χ2n) is 5.95. The zero-order valence-electron chi connectivity index (χ0n) is 13.2. The number of rotatable bonds is 5. The Hall–Kier alpha value is -1.88. The van der Waals surface area contributed by atoms with Gasteiger partial charge in [-0.25, -0.2) is 4.98 Å². The van der Waals surface area contributed by atoms with Gasteiger partial charge in [-0.2, -0.15) is 0 Å². The van der Waals surface area contributed by atoms with Gasteiger partial charge in [-0.3, -0.25) is 4.79 Å². The van der Waals surface area contributed by atoms with Crippen molar-refractivity contribution in [3.8, 4) is 0 Å². The summed E-state index contributed by atoms with van der Waals surface area (Å²) in [5, 5.41) is 4.08. The van der Waals surface area contributed by atoms with Gasteiger partial charge in [-0.1, -0.05) is 6.92 Å². The van der Waals surface area contributed by atoms with E-state index >= 15 is 0 Å². The quantitative estimate of drug-likeness (QED) is 0.924. The molecular formula is C17H23N3O2. The minimum Gasteiger partial charge on any atom is -0.372 e. The minimum absolute atomic E-state index is 0.0248. The molecule has 0 aliphatic carbocycles. The number of amides is 1. The number of ether oxygens (including phenoxy) is 1. The average molecular weight is 301 g/mol. The summed E-state index contributed by atoms with van der Waals surface area (Å²) in [5.74, 6) is 0.0248. The van der Waals surface area contributed by atoms with Crippen molar-refractivity contribution in [1.29, 1.82) is 0 Å². The third kappa shape index (κ3) is 2.99. The lowest BCUT2D eigenvalue weighted by molar-refractivity contribution is -0.122. The Labute approximate surface area is 130 Å². The molecule has 5 heteroatoms. The van der Waals surface area contributed by atoms with Crippen LogP contribution in [0.3, 0.4) is 0 Å². The molecule has 0 unspecified atom stereocenters. The van der Waals surface area contributed by atoms with Crippen LogP contribution in [0.15, 0.2) is 24.4 Å². The molecule has 2 aromatic heterocycles. The summed E-state index contributed by atoms with van der Waals surface area (Å²) in [4.78, 5) is 16.7. The Balaban J connectivity index is 1.91. The molecule has 118 valence electrons. The first-order valence-corrected chi connectivity index (χ1v) is 8.04. The predicted molar refractivity (Wildman–Crippen MR) is 85.6 cm³/mol. The monoisotopic (exact) mass is 301 g/mol. The summed E-state index contributed by atoms with van der Waals surface area (Å²) in [6.07, 6.45) is 4.84. The molecule has 1 N–H and O–H groups in total. The van der Waals surface area contributed by atoms with Crippen molar-refractivity contribution >= 4 is 16.9 Å². The normalized spacial score (nSPS) is 19.5. The Morgan fingerprint density at radius 2 is 2.45 bits per heavy atom. The predicted octanol–water partition coefficient (Wildman–Crippen LogP) is 2.80. The Kier molecular flexibility index (Phi) is 4.43. The van der Waals surface area contributed by atoms with Crippen molar-refractivity contribution in [2.45, 2.75) is 51.8 Å². The van der Waals surface area contributed by atoms with Crippen LogP contribution in [0.2, 0.25) is 0 Å². The molecule has 0 bridgehead atoms. The van der Waals surface area contributed by atoms with Gasteiger partial charge in [0, 0.05) is 29.9 Å². The van der Waals surface area contributed by atoms with E-state index in [4.69, 9.17) is 4.74 Å². The van der Waals surface area contributed by atoms with E-state index in [0.717, 1.165) is 42.6 Å². The zero-order valence-corrected chi connectivity index (χ0v) is 13.2. The number of fused-ring (bicyclic) bond motifs is 1. The van der Waals surface area contributed by atoms with Gasteiger partial charge in [0.15, 0.2) is 0 Å². The first-order chi connectivity index (χ1) is 10.7. The highest BCUT2D eigenvalue weighted by Gasteiger charge is 2.24. The van der Waals surface area contributed by atoms with E-state index in [1.165, 1.54) is 0 Å². The first kappa shape index (κ1) is 15.0. The van der Waals surface area contributed by atoms with Crippen LogP contribution in [-0.4, -0.2) is 28.1 Å². The van der Waals surface area contributed by atoms with Crippen LogP contribution < -0.4 is 5.32 Å². The van der Waals surface area contributed by atoms with Gasteiger partial charge in [-0.15, -0.1) is 0 Å². The summed E-state index contributed by atoms with van der Waals surface area (Å²) in [7, 11) is 0. The van der Waals surface area contributed by atoms with E-state index in [2.05, 4.69) is 23.3 Å². The van der Waals surface area contributed by atoms with E-state index in [-0.39, 0.29) is 18.1 Å². The fraction of sp³-hybridized carbons (Fsp3) is 0.529. The molecule has 1 aliphatic heterocycles. The van der Waals surface area contributed by atoms with Crippen LogP contribution in [0.25, 0.3) is 11.0 Å². The van der Waals surface area contributed by atoms with Crippen molar-refractivity contribution in [2.24, 2.45) is 0 Å². The Morgan fingerprint density at radius 3 is 3.18 bits per heavy atom. The Morgan fingerprint density at radius 1 is 1.59 bits per heavy atom. The third-order valence-corrected chi connectivity index (χ3v) is 4.27. The molecule has 1 fully saturated rings. The summed E-state index contributed by atoms with van der Waals surface area (Å²) in [6.45, 7) is 5.17. The summed E-state index contributed by atoms with van der Waals surface area (Å²) >= 11 is 0. The van der Waals surface area contributed by atoms with Crippen molar-refractivity contribution in [1.82, 2.24) is 14.9 Å². The van der Waals surface area contributed by atoms with Crippen LogP contribution in [0.4, 0.5) is 0 Å². The molecule has 0 saturated carbocycles. The van der Waals surface area contributed by atoms with Crippen LogP contribution in [0.1, 0.15) is 44.9 Å². The number of nitrogens with zero attached hydrogens (tertiary/aromatic N) is 2. The largest absolute Gasteiger partial charge is 0.372 e. The van der Waals surface area contributed by atoms with Crippen molar-refractivity contribution in [2.75, 3.05) is 6.61 Å². The molecular weight excluding hydrogens is 278 g/mol. The molecule has 1 saturated heterocycles. The van der Waals surface area contributed by atoms with E-state index in [0.29, 0.717) is 6.54 Å². The maximum Gasteiger partial charge on any atom is 0.240 e. The molecule has 5 nitrogen and oxygen atoms in total. The number of hydrogen-bond donors (Lipinski definition) is 1. The van der Waals surface area contributed by atoms with Gasteiger partial charge in [0.1, 0.15) is 12.2 Å². The standard InChI is InChI=1S/C17H23N3O2/c1-3-12(2)19-16(21)11-20-14(15-7-5-9-22-15)10-13-6-4-8-18-17(13)20/h4,6,8,10,12,15H,3,5,7,9,11H2,1-2H3,(H,19,21)/t12-,15-/m1/s1. The first-order valence-electron chi connectivity index (χ1n) is 8.04. The summed E-state index contributed by atoms with van der Waals surface area (Å²) in [5.41, 5.74) is 1.91. The molecule has 3 rings (SSSR count). The number of carbonyl (C=O) groups excluding carboxylic acids is 1. The van der Waals surface area contributed by atoms with E-state index in [1.807, 2.05) is 23.6 Å². The molecule has 2 atom stereocenters. The number of pyridine rings is 1. The lowest BCUT2D eigenvalue weighted by Crippen LogP contribution is -2.35. The second-order valence-corrected chi connectivity index (χ2v) is 5.95. The molecule has 1 amide bonds. The average Bonchev–Trinajstić information content (AvgIpc) is 3.15. The van der Waals surface area contributed by atoms with Gasteiger partial charge in [-0.05, 0) is 44.4 Å². The van der Waals surface area contributed by atoms with Gasteiger partial charge >= 0.3 is 0 Å². The van der Waals surface area contributed by atoms with Crippen LogP contribution >= 0.6 is 0 Å². The highest BCUT2D eigenvalue weighted by Crippen LogP contribution is 2.32. The molecule has 0 spiro atoms. The van der Waals surface area contributed by atoms with Crippen LogP contribution in [-0.2, 0) is 16.1 Å². The lowest BCUT2D eigenvalue weighted by atomic mass is 10.2. The van der Waals surface area contributed by atoms with Gasteiger partial charge < -0.3 is 14.6 Å². The summed E-state index contributed by atoms with van der Waals surface area (Å²) < 4.78 is 7.82. The molecule has 22 heavy (non-hydrogen) atoms. The third-order valence-electron chi connectivity index (χ3n) is 4.27. The number of hydrogen-bond acceptors (Lipinski definition) is 3. The molecule has 2 aromatic rings. The molecule has 3 heterocycles. The maximum absolute atomic E-state index is 12.3. The van der Waals surface area contributed by atoms with Crippen molar-refractivity contribution in [3.05, 3.63) is 30.1 Å². The van der Waals surface area contributed by atoms with E-state index in [9.17, 15) is 4.79 Å². The highest BCUT2D eigenvalue weighted by molar-refractivity contribution is 5.82. The highest BCUT2D eigenvalue weighted by atomic mass is 16.5. The summed E-state index contributed by atoms with van der Waals surface area (Å²) in [6, 6.07) is 6.25. The van der Waals surface area contributed by atoms with Crippen molar-refractivity contribution < 1.29 is 9.53 Å². The topological polar surface area (TPSA) is 56.2 Å². The fourth-order valence-corrected chi connectivity index (χ4v) is 2.92. The smallest absolute Gasteiger partial charge is 0.240 e. The van der Waals surface area contributed by atoms with E-state index in [1.54, 1.807) is 6.20 Å². The molecule has 1 aliphatic rings. The molecule has 0 radical (unpaired) electrons. The lowest BCUT2D eigenvalue weighted by Gasteiger charge is -2.16. The molecule has 0 aromatic carbocycles. The van der Waals surface area contributed by atoms with Gasteiger partial charge in [0.05, 0.1) is 6.10 Å². The van der Waals surface area contributed by atoms with Crippen LogP contribution in [0.5, 0.6) is 0 Å². The second kappa shape index (κ2) is 6.48. The van der Waals surface area contributed by atoms with E-state index < -0.39 is 0 Å². The number of aromatic nitrogens is 2. The van der Waals surface area contributed by atoms with Crippen LogP contribution in [0, 0.1) is 0 Å².